The summed E-state index contributed by atoms with van der Waals surface area (Å²) in [7, 11) is 0. The van der Waals surface area contributed by atoms with Gasteiger partial charge < -0.3 is 4.74 Å². The number of alkyl halides is 1. The number of rotatable bonds is 3. The van der Waals surface area contributed by atoms with E-state index >= 15 is 0 Å². The second-order valence-electron chi connectivity index (χ2n) is 11.1. The Labute approximate surface area is 199 Å². The minimum atomic E-state index is -1.12. The molecule has 0 radical (unpaired) electrons. The van der Waals surface area contributed by atoms with Gasteiger partial charge in [-0.2, -0.15) is 0 Å². The topological polar surface area (TPSA) is 60.4 Å². The molecule has 5 aliphatic rings. The first-order chi connectivity index (χ1) is 15.1. The normalized spacial score (nSPS) is 45.1. The molecule has 0 aromatic carbocycles. The summed E-state index contributed by atoms with van der Waals surface area (Å²) < 4.78 is 6.33. The zero-order chi connectivity index (χ0) is 22.9. The average molecular weight is 501 g/mol. The lowest BCUT2D eigenvalue weighted by molar-refractivity contribution is -0.188. The number of hydrogen-bond donors (Lipinski definition) is 0. The lowest BCUT2D eigenvalue weighted by Gasteiger charge is -2.56. The quantitative estimate of drug-likeness (QED) is 0.378. The Kier molecular flexibility index (Phi) is 5.24. The van der Waals surface area contributed by atoms with E-state index < -0.39 is 11.0 Å². The Morgan fingerprint density at radius 3 is 2.50 bits per heavy atom. The highest BCUT2D eigenvalue weighted by atomic mass is 79.9. The molecule has 5 aliphatic carbocycles. The molecule has 0 aromatic heterocycles. The van der Waals surface area contributed by atoms with Gasteiger partial charge >= 0.3 is 5.97 Å². The molecular formula is C27H33BrO4. The van der Waals surface area contributed by atoms with Crippen LogP contribution in [0.25, 0.3) is 0 Å². The van der Waals surface area contributed by atoms with Crippen molar-refractivity contribution in [3.05, 3.63) is 36.0 Å². The number of fused-ring (bicyclic) bond motifs is 5. The number of ketones is 2. The van der Waals surface area contributed by atoms with Gasteiger partial charge in [0, 0.05) is 10.8 Å². The standard InChI is InChI=1S/C27H33BrO4/c1-16(29)27(32-24(31)17-6-4-5-7-17)23(28)15-22-20-9-8-18-14-19(30)10-12-25(18,2)21(20)11-13-26(22,27)3/h8-10,12,14,17,20-23H,4-7,11,13,15H2,1-3H3/t20-,21+,22+,23+,25+,26+,27-/m1/s1. The van der Waals surface area contributed by atoms with E-state index in [-0.39, 0.29) is 45.5 Å². The first kappa shape index (κ1) is 22.3. The van der Waals surface area contributed by atoms with Crippen molar-refractivity contribution in [2.24, 2.45) is 34.5 Å². The van der Waals surface area contributed by atoms with E-state index in [2.05, 4.69) is 48.0 Å². The van der Waals surface area contributed by atoms with Crippen molar-refractivity contribution in [2.75, 3.05) is 0 Å². The summed E-state index contributed by atoms with van der Waals surface area (Å²) in [4.78, 5) is 38.3. The molecule has 3 fully saturated rings. The van der Waals surface area contributed by atoms with Gasteiger partial charge in [0.1, 0.15) is 0 Å². The molecule has 172 valence electrons. The van der Waals surface area contributed by atoms with E-state index in [0.717, 1.165) is 50.5 Å². The first-order valence-corrected chi connectivity index (χ1v) is 13.1. The SMILES string of the molecule is CC(=O)[C@@]1(OC(=O)C2CCCC2)[C@@H](Br)C[C@H]2[C@@H]3C=CC4=CC(=O)C=C[C@]4(C)[C@H]3CC[C@@]21C. The van der Waals surface area contributed by atoms with Gasteiger partial charge in [0.2, 0.25) is 0 Å². The van der Waals surface area contributed by atoms with Gasteiger partial charge in [0.05, 0.1) is 10.7 Å². The molecule has 0 bridgehead atoms. The zero-order valence-corrected chi connectivity index (χ0v) is 20.8. The van der Waals surface area contributed by atoms with Crippen molar-refractivity contribution in [1.82, 2.24) is 0 Å². The molecule has 0 spiro atoms. The van der Waals surface area contributed by atoms with Gasteiger partial charge in [0.25, 0.3) is 0 Å². The monoisotopic (exact) mass is 500 g/mol. The van der Waals surface area contributed by atoms with Crippen molar-refractivity contribution in [3.63, 3.8) is 0 Å². The van der Waals surface area contributed by atoms with Crippen LogP contribution in [0.2, 0.25) is 0 Å². The van der Waals surface area contributed by atoms with Crippen LogP contribution in [-0.4, -0.2) is 28.0 Å². The molecule has 0 aromatic rings. The number of allylic oxidation sites excluding steroid dienone is 6. The second kappa shape index (κ2) is 7.51. The third-order valence-electron chi connectivity index (χ3n) is 9.73. The summed E-state index contributed by atoms with van der Waals surface area (Å²) in [6, 6.07) is 0. The molecule has 5 heteroatoms. The van der Waals surface area contributed by atoms with Gasteiger partial charge in [-0.15, -0.1) is 0 Å². The Balaban J connectivity index is 1.52. The van der Waals surface area contributed by atoms with Crippen LogP contribution < -0.4 is 0 Å². The number of halogens is 1. The lowest BCUT2D eigenvalue weighted by Crippen LogP contribution is -2.60. The highest BCUT2D eigenvalue weighted by Gasteiger charge is 2.71. The van der Waals surface area contributed by atoms with Crippen molar-refractivity contribution in [2.45, 2.75) is 76.1 Å². The number of carbonyl (C=O) groups excluding carboxylic acids is 3. The van der Waals surface area contributed by atoms with Gasteiger partial charge in [-0.3, -0.25) is 14.4 Å². The zero-order valence-electron chi connectivity index (χ0n) is 19.2. The van der Waals surface area contributed by atoms with Crippen LogP contribution in [-0.2, 0) is 19.1 Å². The Morgan fingerprint density at radius 1 is 1.09 bits per heavy atom. The fourth-order valence-corrected chi connectivity index (χ4v) is 9.24. The van der Waals surface area contributed by atoms with E-state index in [4.69, 9.17) is 4.74 Å². The van der Waals surface area contributed by atoms with Crippen molar-refractivity contribution in [1.29, 1.82) is 0 Å². The first-order valence-electron chi connectivity index (χ1n) is 12.1. The molecule has 4 nitrogen and oxygen atoms in total. The van der Waals surface area contributed by atoms with Crippen LogP contribution in [0.1, 0.15) is 65.7 Å². The van der Waals surface area contributed by atoms with Crippen molar-refractivity contribution >= 4 is 33.5 Å². The number of esters is 1. The van der Waals surface area contributed by atoms with Gasteiger partial charge in [-0.05, 0) is 74.5 Å². The molecule has 0 N–H and O–H groups in total. The van der Waals surface area contributed by atoms with Gasteiger partial charge in [0.15, 0.2) is 17.2 Å². The molecule has 32 heavy (non-hydrogen) atoms. The fourth-order valence-electron chi connectivity index (χ4n) is 7.90. The van der Waals surface area contributed by atoms with Crippen molar-refractivity contribution in [3.8, 4) is 0 Å². The van der Waals surface area contributed by atoms with Crippen LogP contribution in [0.4, 0.5) is 0 Å². The van der Waals surface area contributed by atoms with Crippen LogP contribution >= 0.6 is 15.9 Å². The summed E-state index contributed by atoms with van der Waals surface area (Å²) in [5.74, 6) is 0.633. The molecule has 0 amide bonds. The Hall–Kier alpha value is -1.49. The molecular weight excluding hydrogens is 468 g/mol. The maximum atomic E-state index is 13.3. The Morgan fingerprint density at radius 2 is 1.81 bits per heavy atom. The van der Waals surface area contributed by atoms with Crippen LogP contribution in [0.5, 0.6) is 0 Å². The predicted molar refractivity (Wildman–Crippen MR) is 126 cm³/mol. The van der Waals surface area contributed by atoms with Crippen LogP contribution in [0, 0.1) is 34.5 Å². The van der Waals surface area contributed by atoms with E-state index in [1.54, 1.807) is 19.1 Å². The van der Waals surface area contributed by atoms with Gasteiger partial charge in [-0.25, -0.2) is 0 Å². The number of hydrogen-bond acceptors (Lipinski definition) is 4. The maximum absolute atomic E-state index is 13.3. The number of carbonyl (C=O) groups is 3. The number of Topliss-reactive ketones (excluding diaryl/α,β-unsaturated/α-hetero) is 1. The van der Waals surface area contributed by atoms with E-state index in [9.17, 15) is 14.4 Å². The summed E-state index contributed by atoms with van der Waals surface area (Å²) in [5, 5.41) is 0. The molecule has 7 atom stereocenters. The summed E-state index contributed by atoms with van der Waals surface area (Å²) in [5.41, 5.74) is -0.614. The molecule has 3 saturated carbocycles. The third-order valence-corrected chi connectivity index (χ3v) is 10.7. The van der Waals surface area contributed by atoms with Gasteiger partial charge in [-0.1, -0.05) is 60.8 Å². The highest BCUT2D eigenvalue weighted by Crippen LogP contribution is 2.67. The van der Waals surface area contributed by atoms with E-state index in [0.29, 0.717) is 5.92 Å². The minimum Gasteiger partial charge on any atom is -0.449 e. The average Bonchev–Trinajstić information content (AvgIpc) is 3.35. The fraction of sp³-hybridized carbons (Fsp3) is 0.667. The second-order valence-corrected chi connectivity index (χ2v) is 12.2. The summed E-state index contributed by atoms with van der Waals surface area (Å²) in [6.45, 7) is 6.02. The van der Waals surface area contributed by atoms with E-state index in [1.807, 2.05) is 0 Å². The third kappa shape index (κ3) is 2.88. The van der Waals surface area contributed by atoms with Crippen LogP contribution in [0.3, 0.4) is 0 Å². The molecule has 0 unspecified atom stereocenters. The Bertz CT molecular complexity index is 957. The van der Waals surface area contributed by atoms with Crippen LogP contribution in [0.15, 0.2) is 36.0 Å². The molecule has 5 rings (SSSR count). The molecule has 0 heterocycles. The van der Waals surface area contributed by atoms with Crippen molar-refractivity contribution < 1.29 is 19.1 Å². The highest BCUT2D eigenvalue weighted by molar-refractivity contribution is 9.09. The summed E-state index contributed by atoms with van der Waals surface area (Å²) in [6.07, 6.45) is 16.4. The largest absolute Gasteiger partial charge is 0.449 e. The maximum Gasteiger partial charge on any atom is 0.309 e. The lowest BCUT2D eigenvalue weighted by atomic mass is 9.49. The minimum absolute atomic E-state index is 0.0380. The predicted octanol–water partition coefficient (Wildman–Crippen LogP) is 5.50. The summed E-state index contributed by atoms with van der Waals surface area (Å²) >= 11 is 3.84. The number of ether oxygens (including phenoxy) is 1. The van der Waals surface area contributed by atoms with E-state index in [1.165, 1.54) is 0 Å². The smallest absolute Gasteiger partial charge is 0.309 e. The molecule has 0 saturated heterocycles. The molecule has 0 aliphatic heterocycles.